The molecule has 0 aliphatic carbocycles. The molecule has 126 valence electrons. The van der Waals surface area contributed by atoms with Crippen molar-refractivity contribution in [1.29, 1.82) is 0 Å². The van der Waals surface area contributed by atoms with E-state index in [0.29, 0.717) is 0 Å². The average Bonchev–Trinajstić information content (AvgIpc) is 3.12. The molecule has 0 fully saturated rings. The fourth-order valence-electron chi connectivity index (χ4n) is 3.98. The maximum atomic E-state index is 5.02. The molecule has 0 spiro atoms. The first kappa shape index (κ1) is 14.9. The second-order valence-corrected chi connectivity index (χ2v) is 7.88. The largest absolute Gasteiger partial charge is 0.248 e. The van der Waals surface area contributed by atoms with Gasteiger partial charge >= 0.3 is 0 Å². The second kappa shape index (κ2) is 5.63. The van der Waals surface area contributed by atoms with E-state index >= 15 is 0 Å². The molecular weight excluding hydrogens is 346 g/mol. The third-order valence-electron chi connectivity index (χ3n) is 5.28. The van der Waals surface area contributed by atoms with Crippen LogP contribution in [0.2, 0.25) is 0 Å². The summed E-state index contributed by atoms with van der Waals surface area (Å²) in [5.41, 5.74) is 3.29. The van der Waals surface area contributed by atoms with E-state index in [1.807, 2.05) is 11.3 Å². The van der Waals surface area contributed by atoms with Gasteiger partial charge in [-0.05, 0) is 29.0 Å². The van der Waals surface area contributed by atoms with Crippen molar-refractivity contribution in [2.75, 3.05) is 0 Å². The van der Waals surface area contributed by atoms with E-state index in [2.05, 4.69) is 91.0 Å². The van der Waals surface area contributed by atoms with Gasteiger partial charge in [-0.15, -0.1) is 11.3 Å². The minimum Gasteiger partial charge on any atom is -0.248 e. The van der Waals surface area contributed by atoms with Gasteiger partial charge in [-0.25, -0.2) is 4.98 Å². The zero-order valence-electron chi connectivity index (χ0n) is 14.5. The summed E-state index contributed by atoms with van der Waals surface area (Å²) in [6.45, 7) is 0. The van der Waals surface area contributed by atoms with Gasteiger partial charge in [-0.2, -0.15) is 0 Å². The van der Waals surface area contributed by atoms with E-state index in [0.717, 1.165) is 11.2 Å². The van der Waals surface area contributed by atoms with Crippen LogP contribution in [-0.4, -0.2) is 4.98 Å². The zero-order chi connectivity index (χ0) is 17.8. The summed E-state index contributed by atoms with van der Waals surface area (Å²) >= 11 is 1.85. The van der Waals surface area contributed by atoms with Crippen molar-refractivity contribution in [3.05, 3.63) is 91.0 Å². The number of thiophene rings is 1. The van der Waals surface area contributed by atoms with Crippen LogP contribution in [0.4, 0.5) is 0 Å². The zero-order valence-corrected chi connectivity index (χ0v) is 15.3. The van der Waals surface area contributed by atoms with Crippen molar-refractivity contribution in [3.63, 3.8) is 0 Å². The van der Waals surface area contributed by atoms with Crippen LogP contribution in [0.15, 0.2) is 91.0 Å². The summed E-state index contributed by atoms with van der Waals surface area (Å²) in [5.74, 6) is 0. The van der Waals surface area contributed by atoms with E-state index in [1.165, 1.54) is 41.9 Å². The fourth-order valence-corrected chi connectivity index (χ4v) is 5.21. The molecule has 6 rings (SSSR count). The molecule has 2 aromatic heterocycles. The van der Waals surface area contributed by atoms with Gasteiger partial charge in [0.05, 0.1) is 11.2 Å². The highest BCUT2D eigenvalue weighted by Crippen LogP contribution is 2.39. The Bertz CT molecular complexity index is 1480. The molecule has 0 amide bonds. The first-order chi connectivity index (χ1) is 13.4. The minimum atomic E-state index is 1.04. The third kappa shape index (κ3) is 2.20. The van der Waals surface area contributed by atoms with Crippen LogP contribution in [-0.2, 0) is 0 Å². The lowest BCUT2D eigenvalue weighted by Gasteiger charge is -2.07. The predicted octanol–water partition coefficient (Wildman–Crippen LogP) is 7.42. The SMILES string of the molecule is c1ccc2c(c1)ccc1nc(-c3cccc4c3sc3ccccc34)ccc12. The number of aromatic nitrogens is 1. The molecule has 0 atom stereocenters. The van der Waals surface area contributed by atoms with Crippen LogP contribution in [0.25, 0.3) is 53.1 Å². The van der Waals surface area contributed by atoms with Crippen molar-refractivity contribution in [2.24, 2.45) is 0 Å². The van der Waals surface area contributed by atoms with Gasteiger partial charge in [0, 0.05) is 31.1 Å². The van der Waals surface area contributed by atoms with Gasteiger partial charge in [0.25, 0.3) is 0 Å². The smallest absolute Gasteiger partial charge is 0.0724 e. The van der Waals surface area contributed by atoms with Crippen molar-refractivity contribution in [2.45, 2.75) is 0 Å². The normalized spacial score (nSPS) is 11.7. The molecule has 0 N–H and O–H groups in total. The highest BCUT2D eigenvalue weighted by molar-refractivity contribution is 7.26. The Labute approximate surface area is 160 Å². The van der Waals surface area contributed by atoms with Crippen LogP contribution in [0.3, 0.4) is 0 Å². The highest BCUT2D eigenvalue weighted by atomic mass is 32.1. The van der Waals surface area contributed by atoms with E-state index in [4.69, 9.17) is 4.98 Å². The van der Waals surface area contributed by atoms with Crippen molar-refractivity contribution in [1.82, 2.24) is 4.98 Å². The fraction of sp³-hybridized carbons (Fsp3) is 0. The van der Waals surface area contributed by atoms with Gasteiger partial charge in [0.1, 0.15) is 0 Å². The molecule has 0 aliphatic heterocycles. The van der Waals surface area contributed by atoms with Crippen LogP contribution in [0.5, 0.6) is 0 Å². The van der Waals surface area contributed by atoms with Crippen LogP contribution >= 0.6 is 11.3 Å². The van der Waals surface area contributed by atoms with Crippen molar-refractivity contribution >= 4 is 53.2 Å². The van der Waals surface area contributed by atoms with Gasteiger partial charge in [-0.1, -0.05) is 72.8 Å². The summed E-state index contributed by atoms with van der Waals surface area (Å²) in [7, 11) is 0. The lowest BCUT2D eigenvalue weighted by molar-refractivity contribution is 1.42. The highest BCUT2D eigenvalue weighted by Gasteiger charge is 2.11. The van der Waals surface area contributed by atoms with Crippen molar-refractivity contribution in [3.8, 4) is 11.3 Å². The number of benzene rings is 4. The van der Waals surface area contributed by atoms with Gasteiger partial charge in [-0.3, -0.25) is 0 Å². The molecule has 2 heterocycles. The maximum absolute atomic E-state index is 5.02. The Balaban J connectivity index is 1.64. The molecule has 0 unspecified atom stereocenters. The Morgan fingerprint density at radius 1 is 0.556 bits per heavy atom. The Hall–Kier alpha value is -3.23. The number of hydrogen-bond donors (Lipinski definition) is 0. The van der Waals surface area contributed by atoms with Crippen molar-refractivity contribution < 1.29 is 0 Å². The molecule has 27 heavy (non-hydrogen) atoms. The standard InChI is InChI=1S/C25H15NS/c1-2-7-17-16(6-1)12-14-22-18(17)13-15-23(26-22)21-10-5-9-20-19-8-3-4-11-24(19)27-25(20)21/h1-15H. The number of nitrogens with zero attached hydrogens (tertiary/aromatic N) is 1. The lowest BCUT2D eigenvalue weighted by atomic mass is 10.0. The van der Waals surface area contributed by atoms with Gasteiger partial charge in [0.15, 0.2) is 0 Å². The maximum Gasteiger partial charge on any atom is 0.0724 e. The molecule has 0 radical (unpaired) electrons. The van der Waals surface area contributed by atoms with E-state index in [9.17, 15) is 0 Å². The summed E-state index contributed by atoms with van der Waals surface area (Å²) in [5, 5.41) is 6.36. The first-order valence-corrected chi connectivity index (χ1v) is 9.89. The molecule has 6 aromatic rings. The van der Waals surface area contributed by atoms with E-state index < -0.39 is 0 Å². The average molecular weight is 361 g/mol. The second-order valence-electron chi connectivity index (χ2n) is 6.83. The molecule has 1 nitrogen and oxygen atoms in total. The van der Waals surface area contributed by atoms with Crippen LogP contribution in [0, 0.1) is 0 Å². The van der Waals surface area contributed by atoms with Crippen LogP contribution in [0.1, 0.15) is 0 Å². The van der Waals surface area contributed by atoms with E-state index in [-0.39, 0.29) is 0 Å². The lowest BCUT2D eigenvalue weighted by Crippen LogP contribution is -1.86. The van der Waals surface area contributed by atoms with Crippen LogP contribution < -0.4 is 0 Å². The quantitative estimate of drug-likeness (QED) is 0.278. The molecule has 0 aliphatic rings. The van der Waals surface area contributed by atoms with Gasteiger partial charge < -0.3 is 0 Å². The number of fused-ring (bicyclic) bond motifs is 6. The molecule has 0 bridgehead atoms. The monoisotopic (exact) mass is 361 g/mol. The Kier molecular flexibility index (Phi) is 3.11. The third-order valence-corrected chi connectivity index (χ3v) is 6.50. The van der Waals surface area contributed by atoms with E-state index in [1.54, 1.807) is 0 Å². The summed E-state index contributed by atoms with van der Waals surface area (Å²) < 4.78 is 2.64. The molecule has 4 aromatic carbocycles. The number of rotatable bonds is 1. The molecular formula is C25H15NS. The number of pyridine rings is 1. The Morgan fingerprint density at radius 2 is 1.37 bits per heavy atom. The topological polar surface area (TPSA) is 12.9 Å². The minimum absolute atomic E-state index is 1.04. The number of hydrogen-bond acceptors (Lipinski definition) is 2. The molecule has 2 heteroatoms. The summed E-state index contributed by atoms with van der Waals surface area (Å²) in [6.07, 6.45) is 0. The Morgan fingerprint density at radius 3 is 2.33 bits per heavy atom. The van der Waals surface area contributed by atoms with Gasteiger partial charge in [0.2, 0.25) is 0 Å². The molecule has 0 saturated carbocycles. The first-order valence-electron chi connectivity index (χ1n) is 9.08. The molecule has 0 saturated heterocycles. The predicted molar refractivity (Wildman–Crippen MR) is 118 cm³/mol. The summed E-state index contributed by atoms with van der Waals surface area (Å²) in [4.78, 5) is 5.02. The summed E-state index contributed by atoms with van der Waals surface area (Å²) in [6, 6.07) is 32.3.